The maximum absolute atomic E-state index is 10.1. The fourth-order valence-electron chi connectivity index (χ4n) is 3.72. The van der Waals surface area contributed by atoms with Crippen molar-refractivity contribution in [3.8, 4) is 0 Å². The van der Waals surface area contributed by atoms with Gasteiger partial charge in [-0.1, -0.05) is 0 Å². The second-order valence-electron chi connectivity index (χ2n) is 9.27. The van der Waals surface area contributed by atoms with E-state index in [2.05, 4.69) is 47.8 Å². The van der Waals surface area contributed by atoms with Crippen molar-refractivity contribution in [2.75, 3.05) is 120 Å². The Morgan fingerprint density at radius 1 is 0.667 bits per heavy atom. The monoisotopic (exact) mass is 479 g/mol. The molecule has 0 fully saturated rings. The molecule has 0 saturated heterocycles. The molecule has 0 spiro atoms. The van der Waals surface area contributed by atoms with Crippen molar-refractivity contribution in [3.63, 3.8) is 0 Å². The Bertz CT molecular complexity index is 426. The van der Waals surface area contributed by atoms with E-state index >= 15 is 0 Å². The molecule has 33 heavy (non-hydrogen) atoms. The van der Waals surface area contributed by atoms with Crippen LogP contribution >= 0.6 is 0 Å². The zero-order chi connectivity index (χ0) is 25.1. The van der Waals surface area contributed by atoms with E-state index in [-0.39, 0.29) is 26.0 Å². The topological polar surface area (TPSA) is 106 Å². The summed E-state index contributed by atoms with van der Waals surface area (Å²) in [5.74, 6) is 0. The fraction of sp³-hybridized carbons (Fsp3) is 1.00. The van der Waals surface area contributed by atoms with Crippen LogP contribution in [0.4, 0.5) is 0 Å². The van der Waals surface area contributed by atoms with Gasteiger partial charge in [-0.05, 0) is 54.5 Å². The lowest BCUT2D eigenvalue weighted by molar-refractivity contribution is -0.0838. The minimum absolute atomic E-state index is 0.0591. The second-order valence-corrected chi connectivity index (χ2v) is 9.27. The summed E-state index contributed by atoms with van der Waals surface area (Å²) in [7, 11) is 8.24. The number of hydrogen-bond donors (Lipinski definition) is 4. The summed E-state index contributed by atoms with van der Waals surface area (Å²) in [4.78, 5) is 10.7. The number of aliphatic hydroxyl groups is 4. The van der Waals surface area contributed by atoms with E-state index in [4.69, 9.17) is 4.74 Å². The molecule has 0 amide bonds. The predicted molar refractivity (Wildman–Crippen MR) is 133 cm³/mol. The highest BCUT2D eigenvalue weighted by Gasteiger charge is 2.21. The molecule has 0 rings (SSSR count). The number of rotatable bonds is 23. The van der Waals surface area contributed by atoms with Crippen LogP contribution in [0.25, 0.3) is 0 Å². The maximum Gasteiger partial charge on any atom is 0.111 e. The standard InChI is InChI=1S/C23H53N5O5/c1-22(32)21-28(9-6-8-24(2)3)23(7-10-25(4)5)33-20-16-27(15-19-31)12-11-26(13-17-29)14-18-30/h22-23,29-32H,6-21H2,1-5H3. The highest BCUT2D eigenvalue weighted by Crippen LogP contribution is 2.10. The Labute approximate surface area is 202 Å². The van der Waals surface area contributed by atoms with Gasteiger partial charge < -0.3 is 35.0 Å². The Morgan fingerprint density at radius 3 is 1.64 bits per heavy atom. The van der Waals surface area contributed by atoms with Crippen LogP contribution in [0.2, 0.25) is 0 Å². The van der Waals surface area contributed by atoms with Crippen LogP contribution in [-0.4, -0.2) is 177 Å². The molecule has 0 bridgehead atoms. The van der Waals surface area contributed by atoms with Gasteiger partial charge in [-0.25, -0.2) is 0 Å². The number of ether oxygens (including phenoxy) is 1. The van der Waals surface area contributed by atoms with Crippen molar-refractivity contribution in [2.45, 2.75) is 32.1 Å². The van der Waals surface area contributed by atoms with Crippen LogP contribution in [0.1, 0.15) is 19.8 Å². The lowest BCUT2D eigenvalue weighted by Crippen LogP contribution is -2.45. The number of hydrogen-bond acceptors (Lipinski definition) is 10. The lowest BCUT2D eigenvalue weighted by Gasteiger charge is -2.34. The second kappa shape index (κ2) is 20.9. The Kier molecular flexibility index (Phi) is 20.7. The van der Waals surface area contributed by atoms with E-state index < -0.39 is 6.10 Å². The third-order valence-corrected chi connectivity index (χ3v) is 5.48. The summed E-state index contributed by atoms with van der Waals surface area (Å²) in [6.07, 6.45) is 1.34. The molecule has 10 nitrogen and oxygen atoms in total. The van der Waals surface area contributed by atoms with Crippen molar-refractivity contribution in [1.29, 1.82) is 0 Å². The van der Waals surface area contributed by atoms with E-state index in [1.807, 2.05) is 11.8 Å². The molecule has 4 N–H and O–H groups in total. The summed E-state index contributed by atoms with van der Waals surface area (Å²) in [5, 5.41) is 37.9. The number of aliphatic hydroxyl groups excluding tert-OH is 4. The highest BCUT2D eigenvalue weighted by atomic mass is 16.5. The van der Waals surface area contributed by atoms with Crippen LogP contribution < -0.4 is 0 Å². The SMILES string of the molecule is CC(O)CN(CCCN(C)C)C(CCN(C)C)OCCN(CCO)CCN(CCO)CCO. The molecule has 10 heteroatoms. The lowest BCUT2D eigenvalue weighted by atomic mass is 10.2. The molecule has 0 aliphatic carbocycles. The maximum atomic E-state index is 10.1. The molecule has 2 unspecified atom stereocenters. The van der Waals surface area contributed by atoms with E-state index in [0.29, 0.717) is 45.9 Å². The summed E-state index contributed by atoms with van der Waals surface area (Å²) in [6, 6.07) is 0. The van der Waals surface area contributed by atoms with Crippen LogP contribution in [-0.2, 0) is 4.74 Å². The minimum atomic E-state index is -0.426. The molecule has 0 saturated carbocycles. The van der Waals surface area contributed by atoms with Gasteiger partial charge in [0.15, 0.2) is 0 Å². The van der Waals surface area contributed by atoms with Crippen molar-refractivity contribution < 1.29 is 25.2 Å². The average molecular weight is 480 g/mol. The van der Waals surface area contributed by atoms with Gasteiger partial charge in [-0.2, -0.15) is 0 Å². The first-order chi connectivity index (χ1) is 15.7. The zero-order valence-electron chi connectivity index (χ0n) is 21.9. The van der Waals surface area contributed by atoms with Gasteiger partial charge in [-0.3, -0.25) is 14.7 Å². The Morgan fingerprint density at radius 2 is 1.18 bits per heavy atom. The molecule has 2 atom stereocenters. The summed E-state index contributed by atoms with van der Waals surface area (Å²) in [5.41, 5.74) is 0. The largest absolute Gasteiger partial charge is 0.395 e. The first-order valence-corrected chi connectivity index (χ1v) is 12.3. The van der Waals surface area contributed by atoms with Gasteiger partial charge >= 0.3 is 0 Å². The molecule has 0 aliphatic rings. The van der Waals surface area contributed by atoms with Crippen LogP contribution in [0, 0.1) is 0 Å². The third kappa shape index (κ3) is 18.6. The van der Waals surface area contributed by atoms with Crippen LogP contribution in [0.15, 0.2) is 0 Å². The third-order valence-electron chi connectivity index (χ3n) is 5.48. The van der Waals surface area contributed by atoms with Gasteiger partial charge in [0.05, 0.1) is 32.5 Å². The minimum Gasteiger partial charge on any atom is -0.395 e. The molecular formula is C23H53N5O5. The zero-order valence-corrected chi connectivity index (χ0v) is 21.9. The van der Waals surface area contributed by atoms with E-state index in [9.17, 15) is 20.4 Å². The molecule has 0 aliphatic heterocycles. The van der Waals surface area contributed by atoms with Gasteiger partial charge in [0.1, 0.15) is 6.23 Å². The van der Waals surface area contributed by atoms with Gasteiger partial charge in [-0.15, -0.1) is 0 Å². The highest BCUT2D eigenvalue weighted by molar-refractivity contribution is 4.70. The van der Waals surface area contributed by atoms with Crippen molar-refractivity contribution in [1.82, 2.24) is 24.5 Å². The quantitative estimate of drug-likeness (QED) is 0.129. The molecule has 0 radical (unpaired) electrons. The fourth-order valence-corrected chi connectivity index (χ4v) is 3.72. The predicted octanol–water partition coefficient (Wildman–Crippen LogP) is -1.50. The van der Waals surface area contributed by atoms with Gasteiger partial charge in [0.2, 0.25) is 0 Å². The summed E-state index contributed by atoms with van der Waals surface area (Å²) < 4.78 is 6.35. The van der Waals surface area contributed by atoms with E-state index in [0.717, 1.165) is 39.0 Å². The Hall–Kier alpha value is -0.400. The van der Waals surface area contributed by atoms with Crippen molar-refractivity contribution >= 4 is 0 Å². The summed E-state index contributed by atoms with van der Waals surface area (Å²) >= 11 is 0. The smallest absolute Gasteiger partial charge is 0.111 e. The first-order valence-electron chi connectivity index (χ1n) is 12.3. The average Bonchev–Trinajstić information content (AvgIpc) is 2.73. The molecule has 0 aromatic carbocycles. The van der Waals surface area contributed by atoms with Crippen LogP contribution in [0.5, 0.6) is 0 Å². The molecule has 200 valence electrons. The molecule has 0 aromatic heterocycles. The Balaban J connectivity index is 4.94. The van der Waals surface area contributed by atoms with E-state index in [1.54, 1.807) is 0 Å². The van der Waals surface area contributed by atoms with Gasteiger partial charge in [0, 0.05) is 58.9 Å². The van der Waals surface area contributed by atoms with Crippen molar-refractivity contribution in [3.05, 3.63) is 0 Å². The van der Waals surface area contributed by atoms with Crippen LogP contribution in [0.3, 0.4) is 0 Å². The molecule has 0 heterocycles. The first kappa shape index (κ1) is 32.6. The van der Waals surface area contributed by atoms with Gasteiger partial charge in [0.25, 0.3) is 0 Å². The molecule has 0 aromatic rings. The number of nitrogens with zero attached hydrogens (tertiary/aromatic N) is 5. The summed E-state index contributed by atoms with van der Waals surface area (Å²) in [6.45, 7) is 9.58. The van der Waals surface area contributed by atoms with E-state index in [1.165, 1.54) is 0 Å². The normalized spacial score (nSPS) is 14.4. The molecular weight excluding hydrogens is 426 g/mol. The van der Waals surface area contributed by atoms with Crippen molar-refractivity contribution in [2.24, 2.45) is 0 Å².